The molecule has 2 aromatic rings. The molecule has 5 heteroatoms. The Balaban J connectivity index is 1.71. The van der Waals surface area contributed by atoms with Crippen LogP contribution in [0.25, 0.3) is 0 Å². The van der Waals surface area contributed by atoms with Gasteiger partial charge < -0.3 is 19.5 Å². The summed E-state index contributed by atoms with van der Waals surface area (Å²) in [5.41, 5.74) is 3.46. The summed E-state index contributed by atoms with van der Waals surface area (Å²) >= 11 is 0. The van der Waals surface area contributed by atoms with E-state index in [1.165, 1.54) is 11.1 Å². The minimum Gasteiger partial charge on any atom is -0.493 e. The normalized spacial score (nSPS) is 10.3. The Hall–Kier alpha value is -2.69. The number of ether oxygens (including phenoxy) is 3. The number of rotatable bonds is 9. The van der Waals surface area contributed by atoms with E-state index in [1.807, 2.05) is 36.4 Å². The zero-order chi connectivity index (χ0) is 18.9. The van der Waals surface area contributed by atoms with Gasteiger partial charge in [-0.2, -0.15) is 0 Å². The Kier molecular flexibility index (Phi) is 7.33. The van der Waals surface area contributed by atoms with E-state index in [2.05, 4.69) is 19.2 Å². The molecule has 0 aliphatic heterocycles. The van der Waals surface area contributed by atoms with Crippen LogP contribution in [0.4, 0.5) is 0 Å². The Labute approximate surface area is 155 Å². The first-order valence-corrected chi connectivity index (χ1v) is 8.71. The highest BCUT2D eigenvalue weighted by Gasteiger charge is 2.07. The van der Waals surface area contributed by atoms with E-state index in [0.29, 0.717) is 37.5 Å². The van der Waals surface area contributed by atoms with Crippen molar-refractivity contribution < 1.29 is 19.0 Å². The van der Waals surface area contributed by atoms with E-state index in [1.54, 1.807) is 14.2 Å². The molecule has 1 amide bonds. The number of nitrogens with one attached hydrogen (secondary N) is 1. The van der Waals surface area contributed by atoms with Crippen molar-refractivity contribution in [1.29, 1.82) is 0 Å². The van der Waals surface area contributed by atoms with E-state index in [-0.39, 0.29) is 5.91 Å². The number of carbonyl (C=O) groups is 1. The molecule has 0 spiro atoms. The van der Waals surface area contributed by atoms with Crippen molar-refractivity contribution in [2.75, 3.05) is 27.4 Å². The molecule has 0 aliphatic carbocycles. The summed E-state index contributed by atoms with van der Waals surface area (Å²) in [7, 11) is 3.20. The molecule has 0 atom stereocenters. The highest BCUT2D eigenvalue weighted by molar-refractivity contribution is 5.76. The monoisotopic (exact) mass is 357 g/mol. The quantitative estimate of drug-likeness (QED) is 0.699. The van der Waals surface area contributed by atoms with Crippen LogP contribution in [0.5, 0.6) is 17.2 Å². The smallest absolute Gasteiger partial charge is 0.220 e. The van der Waals surface area contributed by atoms with E-state index in [4.69, 9.17) is 14.2 Å². The first-order chi connectivity index (χ1) is 12.5. The van der Waals surface area contributed by atoms with Gasteiger partial charge in [0.05, 0.1) is 20.8 Å². The molecule has 5 nitrogen and oxygen atoms in total. The van der Waals surface area contributed by atoms with Gasteiger partial charge in [-0.3, -0.25) is 4.79 Å². The third-order valence-electron chi connectivity index (χ3n) is 4.26. The molecule has 0 heterocycles. The molecule has 0 saturated heterocycles. The standard InChI is InChI=1S/C21H27NO4/c1-15-5-8-18(13-16(15)2)26-12-11-22-21(23)10-7-17-6-9-19(24-3)20(14-17)25-4/h5-6,8-9,13-14H,7,10-12H2,1-4H3,(H,22,23). The summed E-state index contributed by atoms with van der Waals surface area (Å²) < 4.78 is 16.2. The predicted octanol–water partition coefficient (Wildman–Crippen LogP) is 3.45. The van der Waals surface area contributed by atoms with Gasteiger partial charge in [0.1, 0.15) is 12.4 Å². The average molecular weight is 357 g/mol. The minimum absolute atomic E-state index is 0.00321. The van der Waals surface area contributed by atoms with Gasteiger partial charge in [-0.25, -0.2) is 0 Å². The van der Waals surface area contributed by atoms with Crippen LogP contribution in [0, 0.1) is 13.8 Å². The lowest BCUT2D eigenvalue weighted by atomic mass is 10.1. The number of hydrogen-bond acceptors (Lipinski definition) is 4. The average Bonchev–Trinajstić information content (AvgIpc) is 2.66. The van der Waals surface area contributed by atoms with Crippen LogP contribution in [-0.4, -0.2) is 33.3 Å². The fourth-order valence-electron chi connectivity index (χ4n) is 2.55. The SMILES string of the molecule is COc1ccc(CCC(=O)NCCOc2ccc(C)c(C)c2)cc1OC. The number of benzene rings is 2. The van der Waals surface area contributed by atoms with Crippen LogP contribution in [0.3, 0.4) is 0 Å². The highest BCUT2D eigenvalue weighted by Crippen LogP contribution is 2.27. The van der Waals surface area contributed by atoms with Gasteiger partial charge >= 0.3 is 0 Å². The lowest BCUT2D eigenvalue weighted by Crippen LogP contribution is -2.28. The predicted molar refractivity (Wildman–Crippen MR) is 102 cm³/mol. The molecule has 2 aromatic carbocycles. The molecule has 0 unspecified atom stereocenters. The van der Waals surface area contributed by atoms with Crippen LogP contribution in [0.15, 0.2) is 36.4 Å². The first kappa shape index (κ1) is 19.6. The second-order valence-corrected chi connectivity index (χ2v) is 6.13. The van der Waals surface area contributed by atoms with Crippen LogP contribution < -0.4 is 19.5 Å². The van der Waals surface area contributed by atoms with Gasteiger partial charge in [-0.15, -0.1) is 0 Å². The molecule has 0 fully saturated rings. The van der Waals surface area contributed by atoms with Crippen LogP contribution >= 0.6 is 0 Å². The van der Waals surface area contributed by atoms with Crippen molar-refractivity contribution in [2.45, 2.75) is 26.7 Å². The third kappa shape index (κ3) is 5.69. The van der Waals surface area contributed by atoms with Crippen molar-refractivity contribution in [3.05, 3.63) is 53.1 Å². The van der Waals surface area contributed by atoms with Crippen LogP contribution in [0.1, 0.15) is 23.1 Å². The fourth-order valence-corrected chi connectivity index (χ4v) is 2.55. The molecule has 0 bridgehead atoms. The van der Waals surface area contributed by atoms with Gasteiger partial charge in [0.15, 0.2) is 11.5 Å². The van der Waals surface area contributed by atoms with E-state index < -0.39 is 0 Å². The van der Waals surface area contributed by atoms with Gasteiger partial charge in [-0.05, 0) is 61.2 Å². The summed E-state index contributed by atoms with van der Waals surface area (Å²) in [6.07, 6.45) is 1.06. The van der Waals surface area contributed by atoms with Crippen molar-refractivity contribution in [1.82, 2.24) is 5.32 Å². The maximum atomic E-state index is 12.0. The maximum absolute atomic E-state index is 12.0. The highest BCUT2D eigenvalue weighted by atomic mass is 16.5. The summed E-state index contributed by atoms with van der Waals surface area (Å²) in [6, 6.07) is 11.7. The Morgan fingerprint density at radius 1 is 0.962 bits per heavy atom. The molecule has 26 heavy (non-hydrogen) atoms. The van der Waals surface area contributed by atoms with E-state index >= 15 is 0 Å². The van der Waals surface area contributed by atoms with E-state index in [0.717, 1.165) is 11.3 Å². The summed E-state index contributed by atoms with van der Waals surface area (Å²) in [5.74, 6) is 2.19. The first-order valence-electron chi connectivity index (χ1n) is 8.71. The number of aryl methyl sites for hydroxylation is 3. The topological polar surface area (TPSA) is 56.8 Å². The Morgan fingerprint density at radius 3 is 2.42 bits per heavy atom. The zero-order valence-corrected chi connectivity index (χ0v) is 15.9. The molecule has 0 radical (unpaired) electrons. The lowest BCUT2D eigenvalue weighted by Gasteiger charge is -2.10. The number of methoxy groups -OCH3 is 2. The van der Waals surface area contributed by atoms with E-state index in [9.17, 15) is 4.79 Å². The summed E-state index contributed by atoms with van der Waals surface area (Å²) in [4.78, 5) is 12.0. The number of carbonyl (C=O) groups excluding carboxylic acids is 1. The molecule has 0 saturated carbocycles. The van der Waals surface area contributed by atoms with Crippen molar-refractivity contribution in [3.63, 3.8) is 0 Å². The Bertz CT molecular complexity index is 743. The maximum Gasteiger partial charge on any atom is 0.220 e. The van der Waals surface area contributed by atoms with Crippen molar-refractivity contribution in [2.24, 2.45) is 0 Å². The fraction of sp³-hybridized carbons (Fsp3) is 0.381. The second kappa shape index (κ2) is 9.70. The number of amides is 1. The third-order valence-corrected chi connectivity index (χ3v) is 4.26. The van der Waals surface area contributed by atoms with Gasteiger partial charge in [0.2, 0.25) is 5.91 Å². The zero-order valence-electron chi connectivity index (χ0n) is 15.9. The lowest BCUT2D eigenvalue weighted by molar-refractivity contribution is -0.121. The van der Waals surface area contributed by atoms with Gasteiger partial charge in [0, 0.05) is 6.42 Å². The molecule has 0 aliphatic rings. The molecule has 2 rings (SSSR count). The second-order valence-electron chi connectivity index (χ2n) is 6.13. The van der Waals surface area contributed by atoms with Crippen molar-refractivity contribution >= 4 is 5.91 Å². The van der Waals surface area contributed by atoms with Crippen LogP contribution in [-0.2, 0) is 11.2 Å². The van der Waals surface area contributed by atoms with Crippen LogP contribution in [0.2, 0.25) is 0 Å². The summed E-state index contributed by atoms with van der Waals surface area (Å²) in [6.45, 7) is 5.05. The molecular formula is C21H27NO4. The number of hydrogen-bond donors (Lipinski definition) is 1. The molecule has 1 N–H and O–H groups in total. The molecule has 140 valence electrons. The van der Waals surface area contributed by atoms with Gasteiger partial charge in [-0.1, -0.05) is 12.1 Å². The van der Waals surface area contributed by atoms with Gasteiger partial charge in [0.25, 0.3) is 0 Å². The van der Waals surface area contributed by atoms with Crippen molar-refractivity contribution in [3.8, 4) is 17.2 Å². The summed E-state index contributed by atoms with van der Waals surface area (Å²) in [5, 5.41) is 2.88. The Morgan fingerprint density at radius 2 is 1.73 bits per heavy atom. The minimum atomic E-state index is 0.00321. The molecular weight excluding hydrogens is 330 g/mol. The molecule has 0 aromatic heterocycles. The largest absolute Gasteiger partial charge is 0.493 e.